The predicted molar refractivity (Wildman–Crippen MR) is 77.5 cm³/mol. The van der Waals surface area contributed by atoms with E-state index in [0.29, 0.717) is 0 Å². The van der Waals surface area contributed by atoms with Gasteiger partial charge in [-0.2, -0.15) is 0 Å². The Morgan fingerprint density at radius 2 is 2.17 bits per heavy atom. The van der Waals surface area contributed by atoms with E-state index in [-0.39, 0.29) is 0 Å². The summed E-state index contributed by atoms with van der Waals surface area (Å²) in [5.41, 5.74) is 8.75. The first-order chi connectivity index (χ1) is 8.74. The van der Waals surface area contributed by atoms with Crippen LogP contribution >= 0.6 is 0 Å². The Balaban J connectivity index is 2.15. The van der Waals surface area contributed by atoms with Gasteiger partial charge in [0.2, 0.25) is 0 Å². The van der Waals surface area contributed by atoms with Crippen LogP contribution in [0.15, 0.2) is 24.5 Å². The standard InChI is InChI=1S/C15H23N3/c1-3-5-6-12(4-2)10-18-11-17-14-9-13(16)7-8-15(14)18/h7-9,11-12H,3-6,10,16H2,1-2H3. The fourth-order valence-corrected chi connectivity index (χ4v) is 2.42. The van der Waals surface area contributed by atoms with E-state index >= 15 is 0 Å². The molecule has 0 fully saturated rings. The summed E-state index contributed by atoms with van der Waals surface area (Å²) in [6.07, 6.45) is 7.07. The number of hydrogen-bond donors (Lipinski definition) is 1. The number of aromatic nitrogens is 2. The summed E-state index contributed by atoms with van der Waals surface area (Å²) in [7, 11) is 0. The maximum atomic E-state index is 5.78. The minimum Gasteiger partial charge on any atom is -0.399 e. The number of nitrogens with two attached hydrogens (primary N) is 1. The van der Waals surface area contributed by atoms with Crippen molar-refractivity contribution >= 4 is 16.7 Å². The molecule has 0 bridgehead atoms. The molecule has 0 spiro atoms. The number of benzene rings is 1. The molecule has 2 aromatic rings. The Morgan fingerprint density at radius 1 is 1.33 bits per heavy atom. The molecular formula is C15H23N3. The third kappa shape index (κ3) is 2.84. The first kappa shape index (κ1) is 12.9. The van der Waals surface area contributed by atoms with Crippen LogP contribution in [0.4, 0.5) is 5.69 Å². The highest BCUT2D eigenvalue weighted by atomic mass is 15.0. The van der Waals surface area contributed by atoms with Gasteiger partial charge in [0, 0.05) is 12.2 Å². The van der Waals surface area contributed by atoms with Crippen LogP contribution in [0.3, 0.4) is 0 Å². The second kappa shape index (κ2) is 5.89. The summed E-state index contributed by atoms with van der Waals surface area (Å²) < 4.78 is 2.26. The zero-order valence-corrected chi connectivity index (χ0v) is 11.4. The van der Waals surface area contributed by atoms with Crippen LogP contribution in [0.5, 0.6) is 0 Å². The third-order valence-corrected chi connectivity index (χ3v) is 3.64. The number of fused-ring (bicyclic) bond motifs is 1. The molecule has 1 atom stereocenters. The summed E-state index contributed by atoms with van der Waals surface area (Å²) in [6, 6.07) is 5.97. The van der Waals surface area contributed by atoms with Crippen molar-refractivity contribution in [3.05, 3.63) is 24.5 Å². The quantitative estimate of drug-likeness (QED) is 0.786. The number of nitrogens with zero attached hydrogens (tertiary/aromatic N) is 2. The van der Waals surface area contributed by atoms with Gasteiger partial charge < -0.3 is 10.3 Å². The molecule has 0 aliphatic heterocycles. The van der Waals surface area contributed by atoms with Gasteiger partial charge in [0.15, 0.2) is 0 Å². The molecule has 0 radical (unpaired) electrons. The van der Waals surface area contributed by atoms with Crippen molar-refractivity contribution in [2.45, 2.75) is 46.1 Å². The van der Waals surface area contributed by atoms with Gasteiger partial charge in [0.25, 0.3) is 0 Å². The Hall–Kier alpha value is -1.51. The van der Waals surface area contributed by atoms with Crippen molar-refractivity contribution in [2.24, 2.45) is 5.92 Å². The van der Waals surface area contributed by atoms with Gasteiger partial charge in [-0.15, -0.1) is 0 Å². The van der Waals surface area contributed by atoms with E-state index in [4.69, 9.17) is 5.73 Å². The van der Waals surface area contributed by atoms with E-state index < -0.39 is 0 Å². The Bertz CT molecular complexity index is 501. The van der Waals surface area contributed by atoms with Crippen molar-refractivity contribution in [1.29, 1.82) is 0 Å². The molecule has 1 aromatic carbocycles. The fraction of sp³-hybridized carbons (Fsp3) is 0.533. The lowest BCUT2D eigenvalue weighted by Crippen LogP contribution is -2.09. The minimum atomic E-state index is 0.750. The van der Waals surface area contributed by atoms with Crippen LogP contribution in [0.1, 0.15) is 39.5 Å². The number of unbranched alkanes of at least 4 members (excludes halogenated alkanes) is 1. The van der Waals surface area contributed by atoms with Gasteiger partial charge >= 0.3 is 0 Å². The molecule has 1 aromatic heterocycles. The summed E-state index contributed by atoms with van der Waals surface area (Å²) in [5, 5.41) is 0. The normalized spacial score (nSPS) is 13.0. The summed E-state index contributed by atoms with van der Waals surface area (Å²) in [5.74, 6) is 0.750. The molecule has 1 unspecified atom stereocenters. The lowest BCUT2D eigenvalue weighted by Gasteiger charge is -2.15. The lowest BCUT2D eigenvalue weighted by atomic mass is 9.99. The van der Waals surface area contributed by atoms with Gasteiger partial charge in [0.05, 0.1) is 17.4 Å². The second-order valence-corrected chi connectivity index (χ2v) is 5.06. The average Bonchev–Trinajstić information content (AvgIpc) is 2.76. The molecule has 3 heteroatoms. The van der Waals surface area contributed by atoms with E-state index in [0.717, 1.165) is 23.7 Å². The van der Waals surface area contributed by atoms with E-state index in [9.17, 15) is 0 Å². The Morgan fingerprint density at radius 3 is 2.89 bits per heavy atom. The van der Waals surface area contributed by atoms with E-state index in [1.165, 1.54) is 31.2 Å². The second-order valence-electron chi connectivity index (χ2n) is 5.06. The van der Waals surface area contributed by atoms with Crippen molar-refractivity contribution in [3.8, 4) is 0 Å². The zero-order valence-electron chi connectivity index (χ0n) is 11.4. The number of imidazole rings is 1. The Labute approximate surface area is 109 Å². The number of hydrogen-bond acceptors (Lipinski definition) is 2. The predicted octanol–water partition coefficient (Wildman–Crippen LogP) is 3.83. The van der Waals surface area contributed by atoms with Gasteiger partial charge in [0.1, 0.15) is 0 Å². The molecule has 0 saturated heterocycles. The van der Waals surface area contributed by atoms with Crippen molar-refractivity contribution in [2.75, 3.05) is 5.73 Å². The van der Waals surface area contributed by atoms with E-state index in [1.54, 1.807) is 0 Å². The summed E-state index contributed by atoms with van der Waals surface area (Å²) in [6.45, 7) is 5.59. The SMILES string of the molecule is CCCCC(CC)Cn1cnc2cc(N)ccc21. The topological polar surface area (TPSA) is 43.8 Å². The fourth-order valence-electron chi connectivity index (χ4n) is 2.42. The number of rotatable bonds is 6. The third-order valence-electron chi connectivity index (χ3n) is 3.64. The zero-order chi connectivity index (χ0) is 13.0. The maximum absolute atomic E-state index is 5.78. The number of nitrogen functional groups attached to an aromatic ring is 1. The van der Waals surface area contributed by atoms with Crippen LogP contribution in [-0.2, 0) is 6.54 Å². The van der Waals surface area contributed by atoms with Crippen molar-refractivity contribution in [1.82, 2.24) is 9.55 Å². The van der Waals surface area contributed by atoms with E-state index in [1.807, 2.05) is 18.5 Å². The van der Waals surface area contributed by atoms with Gasteiger partial charge in [-0.1, -0.05) is 33.1 Å². The number of anilines is 1. The molecular weight excluding hydrogens is 222 g/mol. The molecule has 1 heterocycles. The molecule has 0 saturated carbocycles. The molecule has 18 heavy (non-hydrogen) atoms. The monoisotopic (exact) mass is 245 g/mol. The van der Waals surface area contributed by atoms with Crippen LogP contribution in [0, 0.1) is 5.92 Å². The Kier molecular flexibility index (Phi) is 4.24. The largest absolute Gasteiger partial charge is 0.399 e. The van der Waals surface area contributed by atoms with Gasteiger partial charge in [-0.05, 0) is 30.5 Å². The van der Waals surface area contributed by atoms with Crippen molar-refractivity contribution < 1.29 is 0 Å². The molecule has 3 nitrogen and oxygen atoms in total. The maximum Gasteiger partial charge on any atom is 0.0958 e. The molecule has 0 aliphatic carbocycles. The summed E-state index contributed by atoms with van der Waals surface area (Å²) in [4.78, 5) is 4.43. The average molecular weight is 245 g/mol. The lowest BCUT2D eigenvalue weighted by molar-refractivity contribution is 0.395. The highest BCUT2D eigenvalue weighted by Crippen LogP contribution is 2.20. The van der Waals surface area contributed by atoms with E-state index in [2.05, 4.69) is 29.5 Å². The highest BCUT2D eigenvalue weighted by Gasteiger charge is 2.09. The molecule has 2 N–H and O–H groups in total. The molecule has 98 valence electrons. The highest BCUT2D eigenvalue weighted by molar-refractivity contribution is 5.78. The van der Waals surface area contributed by atoms with Crippen molar-refractivity contribution in [3.63, 3.8) is 0 Å². The smallest absolute Gasteiger partial charge is 0.0958 e. The molecule has 2 rings (SSSR count). The van der Waals surface area contributed by atoms with Crippen LogP contribution < -0.4 is 5.73 Å². The first-order valence-corrected chi connectivity index (χ1v) is 6.95. The van der Waals surface area contributed by atoms with Crippen LogP contribution in [0.25, 0.3) is 11.0 Å². The first-order valence-electron chi connectivity index (χ1n) is 6.95. The molecule has 0 aliphatic rings. The van der Waals surface area contributed by atoms with Crippen LogP contribution in [-0.4, -0.2) is 9.55 Å². The summed E-state index contributed by atoms with van der Waals surface area (Å²) >= 11 is 0. The van der Waals surface area contributed by atoms with Gasteiger partial charge in [-0.25, -0.2) is 4.98 Å². The molecule has 0 amide bonds. The van der Waals surface area contributed by atoms with Crippen LogP contribution in [0.2, 0.25) is 0 Å². The van der Waals surface area contributed by atoms with Gasteiger partial charge in [-0.3, -0.25) is 0 Å². The minimum absolute atomic E-state index is 0.750.